The molecule has 2 amide bonds. The van der Waals surface area contributed by atoms with Crippen molar-refractivity contribution in [2.45, 2.75) is 6.54 Å². The summed E-state index contributed by atoms with van der Waals surface area (Å²) in [4.78, 5) is 16.3. The zero-order chi connectivity index (χ0) is 20.8. The van der Waals surface area contributed by atoms with Crippen molar-refractivity contribution < 1.29 is 9.53 Å². The number of hydrogen-bond acceptors (Lipinski definition) is 7. The van der Waals surface area contributed by atoms with Crippen LogP contribution in [0.3, 0.4) is 0 Å². The number of nitriles is 1. The van der Waals surface area contributed by atoms with Crippen molar-refractivity contribution in [3.63, 3.8) is 0 Å². The number of aromatic nitrogens is 4. The molecule has 10 nitrogen and oxygen atoms in total. The van der Waals surface area contributed by atoms with E-state index in [0.29, 0.717) is 24.4 Å². The van der Waals surface area contributed by atoms with Crippen LogP contribution in [0.2, 0.25) is 0 Å². The lowest BCUT2D eigenvalue weighted by Crippen LogP contribution is -2.49. The number of nitrogens with one attached hydrogen (secondary N) is 2. The Morgan fingerprint density at radius 2 is 1.93 bits per heavy atom. The van der Waals surface area contributed by atoms with Gasteiger partial charge in [0, 0.05) is 32.7 Å². The number of hydrogen-bond donors (Lipinski definition) is 2. The van der Waals surface area contributed by atoms with Crippen molar-refractivity contribution in [2.75, 3.05) is 31.5 Å². The summed E-state index contributed by atoms with van der Waals surface area (Å²) in [6.45, 7) is 3.53. The second-order valence-corrected chi connectivity index (χ2v) is 6.81. The van der Waals surface area contributed by atoms with Crippen LogP contribution in [0.5, 0.6) is 11.5 Å². The molecule has 1 fully saturated rings. The van der Waals surface area contributed by atoms with Gasteiger partial charge in [-0.25, -0.2) is 4.79 Å². The summed E-state index contributed by atoms with van der Waals surface area (Å²) in [5, 5.41) is 24.7. The van der Waals surface area contributed by atoms with Gasteiger partial charge in [0.2, 0.25) is 0 Å². The summed E-state index contributed by atoms with van der Waals surface area (Å²) in [6, 6.07) is 16.8. The minimum atomic E-state index is -0.228. The van der Waals surface area contributed by atoms with E-state index in [0.717, 1.165) is 30.9 Å². The van der Waals surface area contributed by atoms with Crippen molar-refractivity contribution in [3.8, 4) is 17.6 Å². The molecule has 0 unspecified atom stereocenters. The number of H-pyrrole nitrogens is 1. The van der Waals surface area contributed by atoms with Crippen molar-refractivity contribution in [1.29, 1.82) is 5.26 Å². The Balaban J connectivity index is 1.29. The molecule has 0 spiro atoms. The lowest BCUT2D eigenvalue weighted by Gasteiger charge is -2.34. The summed E-state index contributed by atoms with van der Waals surface area (Å²) < 4.78 is 5.90. The fourth-order valence-corrected chi connectivity index (χ4v) is 3.20. The molecule has 4 rings (SSSR count). The van der Waals surface area contributed by atoms with Crippen LogP contribution in [0.25, 0.3) is 0 Å². The maximum atomic E-state index is 12.2. The van der Waals surface area contributed by atoms with Crippen molar-refractivity contribution in [2.24, 2.45) is 0 Å². The zero-order valence-corrected chi connectivity index (χ0v) is 16.2. The molecule has 0 radical (unpaired) electrons. The van der Waals surface area contributed by atoms with Crippen LogP contribution in [-0.4, -0.2) is 62.6 Å². The molecule has 2 heterocycles. The monoisotopic (exact) mass is 404 g/mol. The second-order valence-electron chi connectivity index (χ2n) is 6.81. The van der Waals surface area contributed by atoms with E-state index >= 15 is 0 Å². The Labute approximate surface area is 173 Å². The first-order chi connectivity index (χ1) is 14.7. The van der Waals surface area contributed by atoms with Crippen molar-refractivity contribution >= 4 is 12.0 Å². The number of carbonyl (C=O) groups is 1. The molecule has 1 aliphatic heterocycles. The highest BCUT2D eigenvalue weighted by molar-refractivity contribution is 5.87. The zero-order valence-electron chi connectivity index (χ0n) is 16.2. The molecule has 10 heteroatoms. The Morgan fingerprint density at radius 3 is 2.63 bits per heavy atom. The quantitative estimate of drug-likeness (QED) is 0.668. The van der Waals surface area contributed by atoms with Gasteiger partial charge in [0.15, 0.2) is 0 Å². The second kappa shape index (κ2) is 9.02. The lowest BCUT2D eigenvalue weighted by atomic mass is 10.2. The molecule has 0 aliphatic carbocycles. The number of anilines is 1. The average Bonchev–Trinajstić information content (AvgIpc) is 3.28. The van der Waals surface area contributed by atoms with Gasteiger partial charge < -0.3 is 9.64 Å². The smallest absolute Gasteiger partial charge is 0.324 e. The molecule has 152 valence electrons. The van der Waals surface area contributed by atoms with Crippen LogP contribution < -0.4 is 10.1 Å². The SMILES string of the molecule is N#Cc1ccc(Oc2cccc(CN3CCN(C(=O)Nc4nn[nH]n4)CC3)c2)cc1. The molecule has 3 aromatic rings. The fourth-order valence-electron chi connectivity index (χ4n) is 3.20. The number of piperazine rings is 1. The topological polar surface area (TPSA) is 123 Å². The highest BCUT2D eigenvalue weighted by atomic mass is 16.5. The third kappa shape index (κ3) is 4.89. The predicted molar refractivity (Wildman–Crippen MR) is 108 cm³/mol. The van der Waals surface area contributed by atoms with Crippen LogP contribution in [0.4, 0.5) is 10.7 Å². The van der Waals surface area contributed by atoms with E-state index in [-0.39, 0.29) is 12.0 Å². The molecular weight excluding hydrogens is 384 g/mol. The minimum absolute atomic E-state index is 0.168. The Hall–Kier alpha value is -3.97. The van der Waals surface area contributed by atoms with E-state index in [4.69, 9.17) is 10.00 Å². The van der Waals surface area contributed by atoms with Crippen molar-refractivity contribution in [3.05, 3.63) is 59.7 Å². The summed E-state index contributed by atoms with van der Waals surface area (Å²) >= 11 is 0. The summed E-state index contributed by atoms with van der Waals surface area (Å²) in [5.41, 5.74) is 1.73. The third-order valence-corrected chi connectivity index (χ3v) is 4.75. The third-order valence-electron chi connectivity index (χ3n) is 4.75. The maximum Gasteiger partial charge on any atom is 0.324 e. The number of amides is 2. The van der Waals surface area contributed by atoms with Gasteiger partial charge in [-0.3, -0.25) is 10.2 Å². The predicted octanol–water partition coefficient (Wildman–Crippen LogP) is 2.21. The van der Waals surface area contributed by atoms with E-state index in [1.165, 1.54) is 0 Å². The average molecular weight is 404 g/mol. The maximum absolute atomic E-state index is 12.2. The van der Waals surface area contributed by atoms with Crippen LogP contribution in [0, 0.1) is 11.3 Å². The van der Waals surface area contributed by atoms with E-state index in [1.807, 2.05) is 18.2 Å². The van der Waals surface area contributed by atoms with Gasteiger partial charge in [0.05, 0.1) is 11.6 Å². The van der Waals surface area contributed by atoms with Crippen molar-refractivity contribution in [1.82, 2.24) is 30.4 Å². The molecule has 1 aliphatic rings. The molecule has 0 atom stereocenters. The van der Waals surface area contributed by atoms with Crippen LogP contribution in [0.1, 0.15) is 11.1 Å². The summed E-state index contributed by atoms with van der Waals surface area (Å²) in [5.74, 6) is 1.60. The van der Waals surface area contributed by atoms with Gasteiger partial charge in [-0.15, -0.1) is 5.10 Å². The molecule has 0 bridgehead atoms. The van der Waals surface area contributed by atoms with Crippen LogP contribution in [-0.2, 0) is 6.54 Å². The highest BCUT2D eigenvalue weighted by Crippen LogP contribution is 2.23. The largest absolute Gasteiger partial charge is 0.457 e. The van der Waals surface area contributed by atoms with E-state index in [9.17, 15) is 4.79 Å². The van der Waals surface area contributed by atoms with E-state index < -0.39 is 0 Å². The molecule has 30 heavy (non-hydrogen) atoms. The number of rotatable bonds is 5. The van der Waals surface area contributed by atoms with E-state index in [1.54, 1.807) is 29.2 Å². The first kappa shape index (κ1) is 19.4. The summed E-state index contributed by atoms with van der Waals surface area (Å²) in [6.07, 6.45) is 0. The van der Waals surface area contributed by atoms with Crippen LogP contribution in [0.15, 0.2) is 48.5 Å². The van der Waals surface area contributed by atoms with Gasteiger partial charge >= 0.3 is 6.03 Å². The molecule has 0 saturated carbocycles. The lowest BCUT2D eigenvalue weighted by molar-refractivity contribution is 0.143. The Kier molecular flexibility index (Phi) is 5.82. The summed E-state index contributed by atoms with van der Waals surface area (Å²) in [7, 11) is 0. The fraction of sp³-hybridized carbons (Fsp3) is 0.250. The minimum Gasteiger partial charge on any atom is -0.457 e. The number of tetrazole rings is 1. The van der Waals surface area contributed by atoms with Gasteiger partial charge in [-0.05, 0) is 47.2 Å². The first-order valence-corrected chi connectivity index (χ1v) is 9.48. The number of carbonyl (C=O) groups excluding carboxylic acids is 1. The van der Waals surface area contributed by atoms with Gasteiger partial charge in [-0.2, -0.15) is 10.5 Å². The normalized spacial score (nSPS) is 14.2. The molecule has 1 saturated heterocycles. The number of aromatic amines is 1. The molecule has 2 N–H and O–H groups in total. The number of benzene rings is 2. The van der Waals surface area contributed by atoms with Gasteiger partial charge in [0.25, 0.3) is 5.95 Å². The Morgan fingerprint density at radius 1 is 1.13 bits per heavy atom. The highest BCUT2D eigenvalue weighted by Gasteiger charge is 2.22. The number of urea groups is 1. The molecular formula is C20H20N8O2. The van der Waals surface area contributed by atoms with E-state index in [2.05, 4.69) is 43.0 Å². The van der Waals surface area contributed by atoms with Gasteiger partial charge in [0.1, 0.15) is 11.5 Å². The Bertz CT molecular complexity index is 1020. The number of nitrogens with zero attached hydrogens (tertiary/aromatic N) is 6. The number of ether oxygens (including phenoxy) is 1. The van der Waals surface area contributed by atoms with Gasteiger partial charge in [-0.1, -0.05) is 17.2 Å². The standard InChI is InChI=1S/C20H20N8O2/c21-13-15-4-6-17(7-5-15)30-18-3-1-2-16(12-18)14-27-8-10-28(11-9-27)20(29)22-19-23-25-26-24-19/h1-7,12H,8-11,14H2,(H2,22,23,24,25,26,29). The molecule has 2 aromatic carbocycles. The molecule has 1 aromatic heterocycles. The van der Waals surface area contributed by atoms with Crippen LogP contribution >= 0.6 is 0 Å². The first-order valence-electron chi connectivity index (χ1n) is 9.48.